The zero-order valence-corrected chi connectivity index (χ0v) is 11.9. The molecule has 0 atom stereocenters. The fourth-order valence-corrected chi connectivity index (χ4v) is 1.93. The van der Waals surface area contributed by atoms with Gasteiger partial charge >= 0.3 is 12.0 Å². The van der Waals surface area contributed by atoms with Gasteiger partial charge in [-0.2, -0.15) is 5.10 Å². The molecule has 0 unspecified atom stereocenters. The second kappa shape index (κ2) is 6.27. The highest BCUT2D eigenvalue weighted by molar-refractivity contribution is 6.33. The van der Waals surface area contributed by atoms with Gasteiger partial charge in [-0.15, -0.1) is 0 Å². The second-order valence-corrected chi connectivity index (χ2v) is 4.70. The van der Waals surface area contributed by atoms with E-state index in [1.165, 1.54) is 18.2 Å². The molecule has 0 aliphatic heterocycles. The summed E-state index contributed by atoms with van der Waals surface area (Å²) in [6, 6.07) is 5.54. The number of benzene rings is 1. The van der Waals surface area contributed by atoms with Crippen LogP contribution in [0.1, 0.15) is 16.1 Å². The lowest BCUT2D eigenvalue weighted by atomic mass is 10.2. The molecule has 110 valence electrons. The predicted octanol–water partition coefficient (Wildman–Crippen LogP) is 2.09. The van der Waals surface area contributed by atoms with Crippen LogP contribution in [0.3, 0.4) is 0 Å². The fraction of sp³-hybridized carbons (Fsp3) is 0.154. The van der Waals surface area contributed by atoms with Crippen LogP contribution in [-0.4, -0.2) is 26.9 Å². The number of halogens is 1. The smallest absolute Gasteiger partial charge is 0.337 e. The number of aromatic carboxylic acids is 1. The van der Waals surface area contributed by atoms with E-state index in [0.717, 1.165) is 5.69 Å². The van der Waals surface area contributed by atoms with Gasteiger partial charge in [-0.05, 0) is 24.3 Å². The van der Waals surface area contributed by atoms with Gasteiger partial charge in [0.1, 0.15) is 0 Å². The van der Waals surface area contributed by atoms with E-state index in [4.69, 9.17) is 16.7 Å². The monoisotopic (exact) mass is 308 g/mol. The Morgan fingerprint density at radius 2 is 2.14 bits per heavy atom. The highest BCUT2D eigenvalue weighted by atomic mass is 35.5. The quantitative estimate of drug-likeness (QED) is 0.805. The Kier molecular flexibility index (Phi) is 4.44. The van der Waals surface area contributed by atoms with Gasteiger partial charge in [-0.3, -0.25) is 4.68 Å². The molecule has 0 spiro atoms. The van der Waals surface area contributed by atoms with E-state index in [9.17, 15) is 9.59 Å². The van der Waals surface area contributed by atoms with E-state index in [-0.39, 0.29) is 17.1 Å². The number of carbonyl (C=O) groups excluding carboxylic acids is 1. The Labute approximate surface area is 125 Å². The topological polar surface area (TPSA) is 96.2 Å². The molecule has 3 N–H and O–H groups in total. The Morgan fingerprint density at radius 3 is 2.71 bits per heavy atom. The summed E-state index contributed by atoms with van der Waals surface area (Å²) >= 11 is 5.82. The second-order valence-electron chi connectivity index (χ2n) is 4.29. The summed E-state index contributed by atoms with van der Waals surface area (Å²) in [5, 5.41) is 18.2. The van der Waals surface area contributed by atoms with E-state index in [1.807, 2.05) is 0 Å². The van der Waals surface area contributed by atoms with Gasteiger partial charge in [0.25, 0.3) is 0 Å². The van der Waals surface area contributed by atoms with Crippen molar-refractivity contribution in [2.45, 2.75) is 6.54 Å². The van der Waals surface area contributed by atoms with Crippen LogP contribution in [0.25, 0.3) is 0 Å². The number of hydrogen-bond donors (Lipinski definition) is 3. The number of urea groups is 1. The van der Waals surface area contributed by atoms with Gasteiger partial charge in [0.2, 0.25) is 0 Å². The first-order valence-corrected chi connectivity index (χ1v) is 6.39. The number of hydrogen-bond acceptors (Lipinski definition) is 3. The minimum Gasteiger partial charge on any atom is -0.478 e. The fourth-order valence-electron chi connectivity index (χ4n) is 1.67. The Bertz CT molecular complexity index is 684. The molecule has 7 nitrogen and oxygen atoms in total. The molecule has 0 bridgehead atoms. The first kappa shape index (κ1) is 14.9. The third-order valence-electron chi connectivity index (χ3n) is 2.66. The largest absolute Gasteiger partial charge is 0.478 e. The average molecular weight is 309 g/mol. The molecule has 0 aliphatic carbocycles. The van der Waals surface area contributed by atoms with Gasteiger partial charge in [0.05, 0.1) is 22.8 Å². The van der Waals surface area contributed by atoms with Crippen LogP contribution in [0.15, 0.2) is 30.5 Å². The first-order valence-electron chi connectivity index (χ1n) is 6.02. The van der Waals surface area contributed by atoms with Crippen LogP contribution in [0.4, 0.5) is 10.5 Å². The summed E-state index contributed by atoms with van der Waals surface area (Å²) in [7, 11) is 1.79. The molecule has 0 aliphatic rings. The Balaban J connectivity index is 1.93. The van der Waals surface area contributed by atoms with Crippen molar-refractivity contribution < 1.29 is 14.7 Å². The Morgan fingerprint density at radius 1 is 1.38 bits per heavy atom. The van der Waals surface area contributed by atoms with Crippen LogP contribution in [0, 0.1) is 0 Å². The highest BCUT2D eigenvalue weighted by Crippen LogP contribution is 2.20. The highest BCUT2D eigenvalue weighted by Gasteiger charge is 2.10. The van der Waals surface area contributed by atoms with E-state index in [2.05, 4.69) is 15.7 Å². The number of rotatable bonds is 4. The number of carboxylic acids is 1. The number of aromatic nitrogens is 2. The van der Waals surface area contributed by atoms with E-state index < -0.39 is 12.0 Å². The summed E-state index contributed by atoms with van der Waals surface area (Å²) in [6.07, 6.45) is 1.78. The summed E-state index contributed by atoms with van der Waals surface area (Å²) < 4.78 is 1.64. The lowest BCUT2D eigenvalue weighted by Gasteiger charge is -2.08. The van der Waals surface area contributed by atoms with Crippen LogP contribution >= 0.6 is 11.6 Å². The van der Waals surface area contributed by atoms with E-state index >= 15 is 0 Å². The zero-order valence-electron chi connectivity index (χ0n) is 11.1. The summed E-state index contributed by atoms with van der Waals surface area (Å²) in [6.45, 7) is 0.285. The normalized spacial score (nSPS) is 10.2. The lowest BCUT2D eigenvalue weighted by molar-refractivity contribution is 0.0697. The van der Waals surface area contributed by atoms with Crippen molar-refractivity contribution in [2.24, 2.45) is 7.05 Å². The van der Waals surface area contributed by atoms with Crippen molar-refractivity contribution >= 4 is 29.3 Å². The maximum absolute atomic E-state index is 11.7. The van der Waals surface area contributed by atoms with Crippen molar-refractivity contribution in [3.05, 3.63) is 46.7 Å². The van der Waals surface area contributed by atoms with Crippen LogP contribution in [0.2, 0.25) is 5.02 Å². The first-order chi connectivity index (χ1) is 9.95. The van der Waals surface area contributed by atoms with Crippen molar-refractivity contribution in [3.8, 4) is 0 Å². The number of amides is 2. The lowest BCUT2D eigenvalue weighted by Crippen LogP contribution is -2.28. The minimum absolute atomic E-state index is 0.0175. The molecular weight excluding hydrogens is 296 g/mol. The molecule has 1 aromatic heterocycles. The van der Waals surface area contributed by atoms with Crippen molar-refractivity contribution in [1.29, 1.82) is 0 Å². The number of aryl methyl sites for hydroxylation is 1. The third kappa shape index (κ3) is 3.96. The van der Waals surface area contributed by atoms with Gasteiger partial charge < -0.3 is 15.7 Å². The summed E-state index contributed by atoms with van der Waals surface area (Å²) in [4.78, 5) is 22.5. The van der Waals surface area contributed by atoms with Crippen molar-refractivity contribution in [2.75, 3.05) is 5.32 Å². The standard InChI is InChI=1S/C13H13ClN4O3/c1-18-5-4-9(17-18)7-15-13(21)16-8-2-3-10(12(19)20)11(14)6-8/h2-6H,7H2,1H3,(H,19,20)(H2,15,16,21). The molecule has 1 heterocycles. The molecule has 1 aromatic carbocycles. The number of nitrogens with zero attached hydrogens (tertiary/aromatic N) is 2. The molecule has 0 saturated heterocycles. The summed E-state index contributed by atoms with van der Waals surface area (Å²) in [5.41, 5.74) is 1.12. The molecule has 0 radical (unpaired) electrons. The minimum atomic E-state index is -1.12. The van der Waals surface area contributed by atoms with Crippen LogP contribution in [-0.2, 0) is 13.6 Å². The van der Waals surface area contributed by atoms with Crippen LogP contribution in [0.5, 0.6) is 0 Å². The number of anilines is 1. The van der Waals surface area contributed by atoms with E-state index in [1.54, 1.807) is 24.0 Å². The predicted molar refractivity (Wildman–Crippen MR) is 77.5 cm³/mol. The summed E-state index contributed by atoms with van der Waals surface area (Å²) in [5.74, 6) is -1.12. The Hall–Kier alpha value is -2.54. The van der Waals surface area contributed by atoms with Gasteiger partial charge in [-0.1, -0.05) is 11.6 Å². The molecule has 2 amide bonds. The maximum Gasteiger partial charge on any atom is 0.337 e. The van der Waals surface area contributed by atoms with Crippen molar-refractivity contribution in [3.63, 3.8) is 0 Å². The average Bonchev–Trinajstić information content (AvgIpc) is 2.82. The SMILES string of the molecule is Cn1ccc(CNC(=O)Nc2ccc(C(=O)O)c(Cl)c2)n1. The maximum atomic E-state index is 11.7. The molecule has 0 saturated carbocycles. The molecule has 8 heteroatoms. The third-order valence-corrected chi connectivity index (χ3v) is 2.97. The van der Waals surface area contributed by atoms with Gasteiger partial charge in [0.15, 0.2) is 0 Å². The number of nitrogens with one attached hydrogen (secondary N) is 2. The molecular formula is C13H13ClN4O3. The zero-order chi connectivity index (χ0) is 15.4. The molecule has 0 fully saturated rings. The molecule has 21 heavy (non-hydrogen) atoms. The van der Waals surface area contributed by atoms with Gasteiger partial charge in [0, 0.05) is 18.9 Å². The van der Waals surface area contributed by atoms with Crippen LogP contribution < -0.4 is 10.6 Å². The molecule has 2 rings (SSSR count). The van der Waals surface area contributed by atoms with E-state index in [0.29, 0.717) is 5.69 Å². The number of carbonyl (C=O) groups is 2. The molecule has 2 aromatic rings. The number of carboxylic acid groups (broad SMARTS) is 1. The van der Waals surface area contributed by atoms with Crippen molar-refractivity contribution in [1.82, 2.24) is 15.1 Å². The van der Waals surface area contributed by atoms with Gasteiger partial charge in [-0.25, -0.2) is 9.59 Å².